The Morgan fingerprint density at radius 3 is 2.08 bits per heavy atom. The Morgan fingerprint density at radius 1 is 1.00 bits per heavy atom. The van der Waals surface area contributed by atoms with Crippen molar-refractivity contribution in [1.29, 1.82) is 0 Å². The molecule has 0 aromatic heterocycles. The lowest BCUT2D eigenvalue weighted by atomic mass is 10.1. The molecule has 1 fully saturated rings. The number of imide groups is 1. The number of morpholine rings is 1. The summed E-state index contributed by atoms with van der Waals surface area (Å²) in [4.78, 5) is 47.2. The predicted molar refractivity (Wildman–Crippen MR) is 139 cm³/mol. The van der Waals surface area contributed by atoms with Crippen LogP contribution in [-0.2, 0) is 23.9 Å². The van der Waals surface area contributed by atoms with Crippen molar-refractivity contribution in [3.8, 4) is 17.2 Å². The number of carboxylic acids is 2. The molecule has 0 radical (unpaired) electrons. The first kappa shape index (κ1) is 32.2. The van der Waals surface area contributed by atoms with E-state index in [9.17, 15) is 19.2 Å². The summed E-state index contributed by atoms with van der Waals surface area (Å²) in [5, 5.41) is 32.5. The highest BCUT2D eigenvalue weighted by Crippen LogP contribution is 2.39. The summed E-state index contributed by atoms with van der Waals surface area (Å²) >= 11 is 0. The standard InChI is InChI=1S/C22H28N2O6.C4H6O6/c1-27-18-15-17(6-7-21(26)24-8-4-3-5-20(24)25)16-19(28-2)22(18)30-14-11-23-9-12-29-13-10-23;5-1(3(7)8)2(6)4(9)10/h3,5-7,15-16H,4,8-14H2,1-2H3;1-2,5-6H,(H,7,8)(H,9,10). The SMILES string of the molecule is COc1cc(C=CC(=O)N2CCC=CC2=O)cc(OC)c1OCCN1CCOCC1.O=C(O)C(O)C(O)C(=O)O. The molecule has 0 saturated carbocycles. The van der Waals surface area contributed by atoms with E-state index >= 15 is 0 Å². The minimum absolute atomic E-state index is 0.296. The number of rotatable bonds is 11. The second-order valence-corrected chi connectivity index (χ2v) is 8.48. The van der Waals surface area contributed by atoms with Gasteiger partial charge in [-0.3, -0.25) is 19.4 Å². The van der Waals surface area contributed by atoms with E-state index in [1.54, 1.807) is 38.5 Å². The molecule has 2 aliphatic rings. The number of benzene rings is 1. The van der Waals surface area contributed by atoms with Crippen LogP contribution in [0, 0.1) is 0 Å². The number of nitrogens with zero attached hydrogens (tertiary/aromatic N) is 2. The van der Waals surface area contributed by atoms with E-state index < -0.39 is 24.1 Å². The van der Waals surface area contributed by atoms with Gasteiger partial charge >= 0.3 is 11.9 Å². The molecule has 0 bridgehead atoms. The van der Waals surface area contributed by atoms with Gasteiger partial charge in [0.2, 0.25) is 5.75 Å². The van der Waals surface area contributed by atoms with Crippen LogP contribution in [-0.4, -0.2) is 126 Å². The fourth-order valence-electron chi connectivity index (χ4n) is 3.57. The van der Waals surface area contributed by atoms with Gasteiger partial charge in [-0.1, -0.05) is 6.08 Å². The van der Waals surface area contributed by atoms with E-state index in [1.165, 1.54) is 17.1 Å². The number of carbonyl (C=O) groups excluding carboxylic acids is 2. The summed E-state index contributed by atoms with van der Waals surface area (Å²) in [6.45, 7) is 4.93. The highest BCUT2D eigenvalue weighted by Gasteiger charge is 2.29. The summed E-state index contributed by atoms with van der Waals surface area (Å²) < 4.78 is 22.3. The van der Waals surface area contributed by atoms with E-state index in [0.29, 0.717) is 42.4 Å². The molecule has 4 N–H and O–H groups in total. The molecular formula is C26H34N2O12. The second kappa shape index (κ2) is 16.2. The number of aliphatic hydroxyl groups is 2. The van der Waals surface area contributed by atoms with Crippen molar-refractivity contribution in [3.05, 3.63) is 35.9 Å². The first-order valence-corrected chi connectivity index (χ1v) is 12.3. The molecule has 1 aromatic carbocycles. The Hall–Kier alpha value is -3.98. The predicted octanol–water partition coefficient (Wildman–Crippen LogP) is -0.379. The van der Waals surface area contributed by atoms with Crippen LogP contribution in [0.25, 0.3) is 6.08 Å². The van der Waals surface area contributed by atoms with Gasteiger partial charge in [0.15, 0.2) is 23.7 Å². The quantitative estimate of drug-likeness (QED) is 0.254. The lowest BCUT2D eigenvalue weighted by Crippen LogP contribution is -2.39. The topological polar surface area (TPSA) is 193 Å². The fraction of sp³-hybridized carbons (Fsp3) is 0.462. The third kappa shape index (κ3) is 9.64. The molecule has 0 spiro atoms. The number of carboxylic acid groups (broad SMARTS) is 2. The molecule has 14 heteroatoms. The van der Waals surface area contributed by atoms with Gasteiger partial charge in [-0.2, -0.15) is 0 Å². The van der Waals surface area contributed by atoms with Gasteiger partial charge in [-0.05, 0) is 36.3 Å². The zero-order chi connectivity index (χ0) is 29.7. The van der Waals surface area contributed by atoms with Crippen LogP contribution in [0.1, 0.15) is 12.0 Å². The number of ether oxygens (including phenoxy) is 4. The van der Waals surface area contributed by atoms with Crippen molar-refractivity contribution >= 4 is 29.8 Å². The molecule has 40 heavy (non-hydrogen) atoms. The highest BCUT2D eigenvalue weighted by molar-refractivity contribution is 6.06. The Labute approximate surface area is 230 Å². The van der Waals surface area contributed by atoms with Crippen LogP contribution in [0.4, 0.5) is 0 Å². The van der Waals surface area contributed by atoms with Crippen LogP contribution in [0.2, 0.25) is 0 Å². The van der Waals surface area contributed by atoms with Crippen molar-refractivity contribution in [2.24, 2.45) is 0 Å². The van der Waals surface area contributed by atoms with Gasteiger partial charge in [-0.25, -0.2) is 9.59 Å². The number of hydrogen-bond donors (Lipinski definition) is 4. The summed E-state index contributed by atoms with van der Waals surface area (Å²) in [6, 6.07) is 3.54. The van der Waals surface area contributed by atoms with E-state index in [1.807, 2.05) is 0 Å². The van der Waals surface area contributed by atoms with Crippen LogP contribution in [0.3, 0.4) is 0 Å². The zero-order valence-corrected chi connectivity index (χ0v) is 22.2. The van der Waals surface area contributed by atoms with Gasteiger partial charge in [0.05, 0.1) is 27.4 Å². The summed E-state index contributed by atoms with van der Waals surface area (Å²) in [5.41, 5.74) is 0.706. The summed E-state index contributed by atoms with van der Waals surface area (Å²) in [5.74, 6) is -2.64. The van der Waals surface area contributed by atoms with Gasteiger partial charge in [0, 0.05) is 32.3 Å². The van der Waals surface area contributed by atoms with Crippen LogP contribution in [0.15, 0.2) is 30.4 Å². The van der Waals surface area contributed by atoms with Crippen LogP contribution in [0.5, 0.6) is 17.2 Å². The lowest BCUT2D eigenvalue weighted by molar-refractivity contribution is -0.165. The Morgan fingerprint density at radius 2 is 1.57 bits per heavy atom. The molecule has 2 unspecified atom stereocenters. The average molecular weight is 567 g/mol. The zero-order valence-electron chi connectivity index (χ0n) is 22.2. The number of aliphatic carboxylic acids is 2. The molecule has 14 nitrogen and oxygen atoms in total. The Balaban J connectivity index is 0.000000478. The number of amides is 2. The van der Waals surface area contributed by atoms with E-state index in [2.05, 4.69) is 4.90 Å². The monoisotopic (exact) mass is 566 g/mol. The maximum atomic E-state index is 12.3. The maximum absolute atomic E-state index is 12.3. The van der Waals surface area contributed by atoms with Gasteiger partial charge < -0.3 is 39.4 Å². The maximum Gasteiger partial charge on any atom is 0.335 e. The van der Waals surface area contributed by atoms with Crippen molar-refractivity contribution in [2.75, 3.05) is 60.2 Å². The van der Waals surface area contributed by atoms with Crippen molar-refractivity contribution in [3.63, 3.8) is 0 Å². The number of carbonyl (C=O) groups is 4. The summed E-state index contributed by atoms with van der Waals surface area (Å²) in [7, 11) is 3.11. The fourth-order valence-corrected chi connectivity index (χ4v) is 3.57. The summed E-state index contributed by atoms with van der Waals surface area (Å²) in [6.07, 6.45) is 2.34. The first-order valence-electron chi connectivity index (χ1n) is 12.3. The van der Waals surface area contributed by atoms with E-state index in [-0.39, 0.29) is 11.8 Å². The Kier molecular flexibility index (Phi) is 13.1. The number of methoxy groups -OCH3 is 2. The molecule has 0 aliphatic carbocycles. The largest absolute Gasteiger partial charge is 0.493 e. The minimum Gasteiger partial charge on any atom is -0.493 e. The van der Waals surface area contributed by atoms with Gasteiger partial charge in [0.1, 0.15) is 6.61 Å². The Bertz CT molecular complexity index is 1050. The normalized spacial score (nSPS) is 17.0. The minimum atomic E-state index is -2.27. The lowest BCUT2D eigenvalue weighted by Gasteiger charge is -2.26. The third-order valence-electron chi connectivity index (χ3n) is 5.78. The molecule has 1 aromatic rings. The molecule has 1 saturated heterocycles. The van der Waals surface area contributed by atoms with Gasteiger partial charge in [0.25, 0.3) is 11.8 Å². The second-order valence-electron chi connectivity index (χ2n) is 8.48. The van der Waals surface area contributed by atoms with Crippen molar-refractivity contribution < 1.29 is 58.6 Å². The van der Waals surface area contributed by atoms with Crippen molar-refractivity contribution in [2.45, 2.75) is 18.6 Å². The first-order chi connectivity index (χ1) is 19.1. The highest BCUT2D eigenvalue weighted by atomic mass is 16.5. The molecule has 2 heterocycles. The smallest absolute Gasteiger partial charge is 0.335 e. The van der Waals surface area contributed by atoms with Gasteiger partial charge in [-0.15, -0.1) is 0 Å². The number of aliphatic hydroxyl groups excluding tert-OH is 2. The molecule has 2 atom stereocenters. The van der Waals surface area contributed by atoms with E-state index in [4.69, 9.17) is 39.4 Å². The average Bonchev–Trinajstić information content (AvgIpc) is 2.96. The molecule has 220 valence electrons. The molecule has 2 aliphatic heterocycles. The van der Waals surface area contributed by atoms with Crippen LogP contribution >= 0.6 is 0 Å². The molecule has 2 amide bonds. The van der Waals surface area contributed by atoms with Crippen LogP contribution < -0.4 is 14.2 Å². The number of hydrogen-bond acceptors (Lipinski definition) is 11. The molecular weight excluding hydrogens is 532 g/mol. The van der Waals surface area contributed by atoms with E-state index in [0.717, 1.165) is 32.8 Å². The molecule has 3 rings (SSSR count). The van der Waals surface area contributed by atoms with Crippen molar-refractivity contribution in [1.82, 2.24) is 9.80 Å². The third-order valence-corrected chi connectivity index (χ3v) is 5.78.